The molecular formula is C10H15NOS2. The minimum atomic E-state index is 0.113. The Bertz CT molecular complexity index is 276. The number of thioether (sulfide) groups is 2. The second-order valence-electron chi connectivity index (χ2n) is 3.49. The van der Waals surface area contributed by atoms with Gasteiger partial charge in [-0.05, 0) is 6.07 Å². The monoisotopic (exact) mass is 229 g/mol. The Morgan fingerprint density at radius 2 is 2.29 bits per heavy atom. The molecule has 0 bridgehead atoms. The van der Waals surface area contributed by atoms with Crippen molar-refractivity contribution in [2.24, 2.45) is 5.73 Å². The summed E-state index contributed by atoms with van der Waals surface area (Å²) in [5.41, 5.74) is 7.33. The van der Waals surface area contributed by atoms with Gasteiger partial charge >= 0.3 is 0 Å². The van der Waals surface area contributed by atoms with Crippen LogP contribution in [0.3, 0.4) is 0 Å². The predicted molar refractivity (Wildman–Crippen MR) is 63.8 cm³/mol. The molecule has 2 heterocycles. The van der Waals surface area contributed by atoms with Crippen LogP contribution in [-0.2, 0) is 0 Å². The van der Waals surface area contributed by atoms with Gasteiger partial charge in [0.1, 0.15) is 0 Å². The minimum Gasteiger partial charge on any atom is -0.472 e. The standard InChI is InChI=1S/C10H15NOS2/c1-7-10(14-5-4-13-7)9(11)8-2-3-12-6-8/h2-3,6-7,9-10H,4-5,11H2,1H3. The first kappa shape index (κ1) is 10.5. The number of rotatable bonds is 2. The Morgan fingerprint density at radius 1 is 1.50 bits per heavy atom. The fourth-order valence-electron chi connectivity index (χ4n) is 1.70. The van der Waals surface area contributed by atoms with Crippen LogP contribution >= 0.6 is 23.5 Å². The molecule has 1 fully saturated rings. The zero-order chi connectivity index (χ0) is 9.97. The van der Waals surface area contributed by atoms with Crippen LogP contribution < -0.4 is 5.73 Å². The van der Waals surface area contributed by atoms with Crippen molar-refractivity contribution < 1.29 is 4.42 Å². The van der Waals surface area contributed by atoms with Gasteiger partial charge in [-0.2, -0.15) is 23.5 Å². The number of hydrogen-bond donors (Lipinski definition) is 1. The van der Waals surface area contributed by atoms with Crippen molar-refractivity contribution in [3.63, 3.8) is 0 Å². The second-order valence-corrected chi connectivity index (χ2v) is 6.26. The molecule has 0 amide bonds. The molecule has 1 aromatic heterocycles. The van der Waals surface area contributed by atoms with Crippen LogP contribution in [0.15, 0.2) is 23.0 Å². The van der Waals surface area contributed by atoms with Crippen LogP contribution in [0.25, 0.3) is 0 Å². The third kappa shape index (κ3) is 2.12. The Morgan fingerprint density at radius 3 is 2.93 bits per heavy atom. The van der Waals surface area contributed by atoms with Crippen molar-refractivity contribution >= 4 is 23.5 Å². The summed E-state index contributed by atoms with van der Waals surface area (Å²) >= 11 is 4.01. The lowest BCUT2D eigenvalue weighted by atomic mass is 10.1. The number of furan rings is 1. The summed E-state index contributed by atoms with van der Waals surface area (Å²) in [4.78, 5) is 0. The molecule has 3 unspecified atom stereocenters. The molecule has 1 aliphatic heterocycles. The van der Waals surface area contributed by atoms with Gasteiger partial charge in [-0.25, -0.2) is 0 Å². The average molecular weight is 229 g/mol. The summed E-state index contributed by atoms with van der Waals surface area (Å²) < 4.78 is 5.07. The molecule has 0 aromatic carbocycles. The fourth-order valence-corrected chi connectivity index (χ4v) is 4.58. The van der Waals surface area contributed by atoms with Crippen LogP contribution in [0.2, 0.25) is 0 Å². The molecule has 0 aliphatic carbocycles. The lowest BCUT2D eigenvalue weighted by Crippen LogP contribution is -2.33. The predicted octanol–water partition coefficient (Wildman–Crippen LogP) is 2.52. The maximum absolute atomic E-state index is 6.21. The van der Waals surface area contributed by atoms with E-state index in [4.69, 9.17) is 10.2 Å². The summed E-state index contributed by atoms with van der Waals surface area (Å²) in [7, 11) is 0. The topological polar surface area (TPSA) is 39.2 Å². The first-order valence-corrected chi connectivity index (χ1v) is 6.89. The van der Waals surface area contributed by atoms with Crippen LogP contribution in [0.1, 0.15) is 18.5 Å². The molecule has 4 heteroatoms. The summed E-state index contributed by atoms with van der Waals surface area (Å²) in [6.45, 7) is 2.27. The summed E-state index contributed by atoms with van der Waals surface area (Å²) in [5.74, 6) is 2.46. The van der Waals surface area contributed by atoms with Gasteiger partial charge in [-0.1, -0.05) is 6.92 Å². The highest BCUT2D eigenvalue weighted by Gasteiger charge is 2.29. The Hall–Kier alpha value is -0.0600. The summed E-state index contributed by atoms with van der Waals surface area (Å²) in [6.07, 6.45) is 3.46. The van der Waals surface area contributed by atoms with E-state index < -0.39 is 0 Å². The Balaban J connectivity index is 2.06. The number of hydrogen-bond acceptors (Lipinski definition) is 4. The minimum absolute atomic E-state index is 0.113. The molecule has 3 atom stereocenters. The first-order chi connectivity index (χ1) is 6.79. The Kier molecular flexibility index (Phi) is 3.47. The van der Waals surface area contributed by atoms with Crippen LogP contribution in [0.5, 0.6) is 0 Å². The fraction of sp³-hybridized carbons (Fsp3) is 0.600. The molecule has 2 rings (SSSR count). The van der Waals surface area contributed by atoms with Gasteiger partial charge in [0.05, 0.1) is 12.5 Å². The van der Waals surface area contributed by atoms with E-state index in [-0.39, 0.29) is 6.04 Å². The van der Waals surface area contributed by atoms with Gasteiger partial charge in [-0.3, -0.25) is 0 Å². The van der Waals surface area contributed by atoms with E-state index in [1.54, 1.807) is 12.5 Å². The van der Waals surface area contributed by atoms with Crippen LogP contribution in [-0.4, -0.2) is 22.0 Å². The normalized spacial score (nSPS) is 30.1. The summed E-state index contributed by atoms with van der Waals surface area (Å²) in [5, 5.41) is 1.16. The second kappa shape index (κ2) is 4.64. The van der Waals surface area contributed by atoms with E-state index >= 15 is 0 Å². The van der Waals surface area contributed by atoms with Gasteiger partial charge in [0, 0.05) is 33.6 Å². The Labute approximate surface area is 93.0 Å². The lowest BCUT2D eigenvalue weighted by Gasteiger charge is -2.31. The molecule has 1 saturated heterocycles. The smallest absolute Gasteiger partial charge is 0.0950 e. The molecule has 14 heavy (non-hydrogen) atoms. The van der Waals surface area contributed by atoms with Crippen molar-refractivity contribution in [2.45, 2.75) is 23.5 Å². The van der Waals surface area contributed by atoms with Gasteiger partial charge in [0.15, 0.2) is 0 Å². The largest absolute Gasteiger partial charge is 0.472 e. The van der Waals surface area contributed by atoms with Gasteiger partial charge in [-0.15, -0.1) is 0 Å². The molecule has 1 aliphatic rings. The number of nitrogens with two attached hydrogens (primary N) is 1. The van der Waals surface area contributed by atoms with E-state index in [1.165, 1.54) is 11.5 Å². The molecule has 2 N–H and O–H groups in total. The average Bonchev–Trinajstić information content (AvgIpc) is 2.70. The molecule has 2 nitrogen and oxygen atoms in total. The van der Waals surface area contributed by atoms with E-state index in [0.717, 1.165) is 5.56 Å². The van der Waals surface area contributed by atoms with E-state index in [2.05, 4.69) is 6.92 Å². The molecule has 0 spiro atoms. The summed E-state index contributed by atoms with van der Waals surface area (Å²) in [6, 6.07) is 2.08. The van der Waals surface area contributed by atoms with E-state index in [1.807, 2.05) is 29.6 Å². The zero-order valence-corrected chi connectivity index (χ0v) is 9.81. The van der Waals surface area contributed by atoms with Crippen LogP contribution in [0.4, 0.5) is 0 Å². The third-order valence-corrected chi connectivity index (χ3v) is 5.73. The molecule has 1 aromatic rings. The highest BCUT2D eigenvalue weighted by molar-refractivity contribution is 8.07. The highest BCUT2D eigenvalue weighted by atomic mass is 32.2. The van der Waals surface area contributed by atoms with Crippen molar-refractivity contribution in [2.75, 3.05) is 11.5 Å². The van der Waals surface area contributed by atoms with E-state index in [9.17, 15) is 0 Å². The third-order valence-electron chi connectivity index (χ3n) is 2.52. The van der Waals surface area contributed by atoms with Crippen molar-refractivity contribution in [3.05, 3.63) is 24.2 Å². The lowest BCUT2D eigenvalue weighted by molar-refractivity contribution is 0.556. The highest BCUT2D eigenvalue weighted by Crippen LogP contribution is 2.37. The van der Waals surface area contributed by atoms with Crippen molar-refractivity contribution in [3.8, 4) is 0 Å². The van der Waals surface area contributed by atoms with Gasteiger partial charge in [0.2, 0.25) is 0 Å². The molecule has 78 valence electrons. The van der Waals surface area contributed by atoms with Crippen LogP contribution in [0, 0.1) is 0 Å². The maximum atomic E-state index is 6.21. The SMILES string of the molecule is CC1SCCSC1C(N)c1ccoc1. The van der Waals surface area contributed by atoms with Crippen molar-refractivity contribution in [1.82, 2.24) is 0 Å². The molecular weight excluding hydrogens is 214 g/mol. The first-order valence-electron chi connectivity index (χ1n) is 4.80. The maximum Gasteiger partial charge on any atom is 0.0950 e. The quantitative estimate of drug-likeness (QED) is 0.846. The molecule has 0 radical (unpaired) electrons. The van der Waals surface area contributed by atoms with Crippen molar-refractivity contribution in [1.29, 1.82) is 0 Å². The zero-order valence-electron chi connectivity index (χ0n) is 8.18. The molecule has 0 saturated carbocycles. The van der Waals surface area contributed by atoms with E-state index in [0.29, 0.717) is 10.5 Å². The van der Waals surface area contributed by atoms with Gasteiger partial charge < -0.3 is 10.2 Å². The van der Waals surface area contributed by atoms with Gasteiger partial charge in [0.25, 0.3) is 0 Å².